The van der Waals surface area contributed by atoms with E-state index >= 15 is 0 Å². The standard InChI is InChI=1S/C11H15ClN4O/c1-7-11(12)9(16(2)15-7)6-8(14-13)10-4-3-5-17-10/h3-5,8,14H,6,13H2,1-2H3. The Morgan fingerprint density at radius 3 is 2.88 bits per heavy atom. The largest absolute Gasteiger partial charge is 0.468 e. The molecule has 6 heteroatoms. The molecule has 3 N–H and O–H groups in total. The normalized spacial score (nSPS) is 12.9. The van der Waals surface area contributed by atoms with Gasteiger partial charge in [0.05, 0.1) is 28.7 Å². The van der Waals surface area contributed by atoms with Crippen LogP contribution in [0.4, 0.5) is 0 Å². The van der Waals surface area contributed by atoms with Gasteiger partial charge in [-0.2, -0.15) is 5.10 Å². The quantitative estimate of drug-likeness (QED) is 0.644. The third-order valence-electron chi connectivity index (χ3n) is 2.75. The van der Waals surface area contributed by atoms with Crippen LogP contribution in [0.25, 0.3) is 0 Å². The van der Waals surface area contributed by atoms with E-state index < -0.39 is 0 Å². The summed E-state index contributed by atoms with van der Waals surface area (Å²) in [6.07, 6.45) is 2.25. The van der Waals surface area contributed by atoms with Crippen LogP contribution in [0.2, 0.25) is 5.02 Å². The maximum atomic E-state index is 6.19. The van der Waals surface area contributed by atoms with Gasteiger partial charge in [-0.15, -0.1) is 0 Å². The maximum absolute atomic E-state index is 6.19. The highest BCUT2D eigenvalue weighted by molar-refractivity contribution is 6.31. The van der Waals surface area contributed by atoms with Gasteiger partial charge in [0, 0.05) is 13.5 Å². The molecular formula is C11H15ClN4O. The molecule has 92 valence electrons. The highest BCUT2D eigenvalue weighted by Gasteiger charge is 2.19. The first-order valence-electron chi connectivity index (χ1n) is 5.31. The summed E-state index contributed by atoms with van der Waals surface area (Å²) in [6.45, 7) is 1.88. The summed E-state index contributed by atoms with van der Waals surface area (Å²) in [5.41, 5.74) is 4.48. The number of hydrogen-bond donors (Lipinski definition) is 2. The van der Waals surface area contributed by atoms with Crippen molar-refractivity contribution in [1.82, 2.24) is 15.2 Å². The van der Waals surface area contributed by atoms with Crippen LogP contribution in [-0.2, 0) is 13.5 Å². The SMILES string of the molecule is Cc1nn(C)c(CC(NN)c2ccco2)c1Cl. The number of furan rings is 1. The van der Waals surface area contributed by atoms with E-state index in [4.69, 9.17) is 21.9 Å². The molecule has 0 aliphatic carbocycles. The van der Waals surface area contributed by atoms with Crippen molar-refractivity contribution in [2.75, 3.05) is 0 Å². The molecule has 2 aromatic rings. The Balaban J connectivity index is 2.24. The first kappa shape index (κ1) is 12.2. The van der Waals surface area contributed by atoms with Gasteiger partial charge in [-0.25, -0.2) is 5.43 Å². The summed E-state index contributed by atoms with van der Waals surface area (Å²) in [6, 6.07) is 3.59. The molecule has 1 unspecified atom stereocenters. The van der Waals surface area contributed by atoms with E-state index in [9.17, 15) is 0 Å². The minimum absolute atomic E-state index is 0.114. The fraction of sp³-hybridized carbons (Fsp3) is 0.364. The molecular weight excluding hydrogens is 240 g/mol. The third-order valence-corrected chi connectivity index (χ3v) is 3.24. The lowest BCUT2D eigenvalue weighted by Crippen LogP contribution is -2.29. The highest BCUT2D eigenvalue weighted by Crippen LogP contribution is 2.25. The zero-order valence-electron chi connectivity index (χ0n) is 9.77. The van der Waals surface area contributed by atoms with Crippen molar-refractivity contribution >= 4 is 11.6 Å². The van der Waals surface area contributed by atoms with Gasteiger partial charge in [0.1, 0.15) is 5.76 Å². The third kappa shape index (κ3) is 2.36. The van der Waals surface area contributed by atoms with Crippen LogP contribution in [0, 0.1) is 6.92 Å². The molecule has 0 amide bonds. The second kappa shape index (κ2) is 4.91. The van der Waals surface area contributed by atoms with Gasteiger partial charge in [0.25, 0.3) is 0 Å². The number of aromatic nitrogens is 2. The lowest BCUT2D eigenvalue weighted by Gasteiger charge is -2.13. The van der Waals surface area contributed by atoms with Crippen molar-refractivity contribution in [3.8, 4) is 0 Å². The number of aryl methyl sites for hydroxylation is 2. The topological polar surface area (TPSA) is 69.0 Å². The van der Waals surface area contributed by atoms with Crippen molar-refractivity contribution < 1.29 is 4.42 Å². The number of hydrogen-bond acceptors (Lipinski definition) is 4. The molecule has 5 nitrogen and oxygen atoms in total. The smallest absolute Gasteiger partial charge is 0.122 e. The van der Waals surface area contributed by atoms with Gasteiger partial charge in [-0.05, 0) is 19.1 Å². The van der Waals surface area contributed by atoms with Gasteiger partial charge in [-0.1, -0.05) is 11.6 Å². The summed E-state index contributed by atoms with van der Waals surface area (Å²) in [4.78, 5) is 0. The first-order chi connectivity index (χ1) is 8.13. The Kier molecular flexibility index (Phi) is 3.51. The van der Waals surface area contributed by atoms with Crippen molar-refractivity contribution in [2.24, 2.45) is 12.9 Å². The van der Waals surface area contributed by atoms with Crippen molar-refractivity contribution in [2.45, 2.75) is 19.4 Å². The van der Waals surface area contributed by atoms with E-state index in [0.717, 1.165) is 17.1 Å². The lowest BCUT2D eigenvalue weighted by molar-refractivity contribution is 0.410. The van der Waals surface area contributed by atoms with E-state index in [-0.39, 0.29) is 6.04 Å². The van der Waals surface area contributed by atoms with Gasteiger partial charge < -0.3 is 4.42 Å². The number of hydrazine groups is 1. The first-order valence-corrected chi connectivity index (χ1v) is 5.68. The van der Waals surface area contributed by atoms with Crippen LogP contribution in [0.15, 0.2) is 22.8 Å². The van der Waals surface area contributed by atoms with E-state index in [1.165, 1.54) is 0 Å². The number of nitrogens with two attached hydrogens (primary N) is 1. The molecule has 0 saturated carbocycles. The van der Waals surface area contributed by atoms with Crippen molar-refractivity contribution in [3.63, 3.8) is 0 Å². The van der Waals surface area contributed by atoms with Crippen molar-refractivity contribution in [1.29, 1.82) is 0 Å². The Bertz CT molecular complexity index is 492. The highest BCUT2D eigenvalue weighted by atomic mass is 35.5. The van der Waals surface area contributed by atoms with E-state index in [1.807, 2.05) is 26.1 Å². The molecule has 0 aromatic carbocycles. The minimum atomic E-state index is -0.114. The van der Waals surface area contributed by atoms with Crippen molar-refractivity contribution in [3.05, 3.63) is 40.6 Å². The van der Waals surface area contributed by atoms with Gasteiger partial charge in [-0.3, -0.25) is 10.5 Å². The summed E-state index contributed by atoms with van der Waals surface area (Å²) in [5, 5.41) is 4.94. The molecule has 0 saturated heterocycles. The number of nitrogens with one attached hydrogen (secondary N) is 1. The van der Waals surface area contributed by atoms with E-state index in [0.29, 0.717) is 11.4 Å². The Hall–Kier alpha value is -1.30. The second-order valence-corrected chi connectivity index (χ2v) is 4.29. The van der Waals surface area contributed by atoms with Crippen LogP contribution >= 0.6 is 11.6 Å². The van der Waals surface area contributed by atoms with E-state index in [1.54, 1.807) is 10.9 Å². The summed E-state index contributed by atoms with van der Waals surface area (Å²) >= 11 is 6.19. The molecule has 0 fully saturated rings. The van der Waals surface area contributed by atoms with Crippen LogP contribution < -0.4 is 11.3 Å². The summed E-state index contributed by atoms with van der Waals surface area (Å²) in [7, 11) is 1.87. The zero-order valence-corrected chi connectivity index (χ0v) is 10.5. The van der Waals surface area contributed by atoms with Gasteiger partial charge in [0.2, 0.25) is 0 Å². The van der Waals surface area contributed by atoms with Gasteiger partial charge in [0.15, 0.2) is 0 Å². The molecule has 1 atom stereocenters. The molecule has 17 heavy (non-hydrogen) atoms. The van der Waals surface area contributed by atoms with Crippen LogP contribution in [-0.4, -0.2) is 9.78 Å². The number of nitrogens with zero attached hydrogens (tertiary/aromatic N) is 2. The van der Waals surface area contributed by atoms with Crippen LogP contribution in [0.1, 0.15) is 23.2 Å². The lowest BCUT2D eigenvalue weighted by atomic mass is 10.1. The average molecular weight is 255 g/mol. The van der Waals surface area contributed by atoms with Crippen LogP contribution in [0.5, 0.6) is 0 Å². The molecule has 2 rings (SSSR count). The predicted molar refractivity (Wildman–Crippen MR) is 65.4 cm³/mol. The maximum Gasteiger partial charge on any atom is 0.122 e. The molecule has 0 bridgehead atoms. The van der Waals surface area contributed by atoms with Crippen LogP contribution in [0.3, 0.4) is 0 Å². The van der Waals surface area contributed by atoms with E-state index in [2.05, 4.69) is 10.5 Å². The molecule has 0 aliphatic heterocycles. The van der Waals surface area contributed by atoms with Gasteiger partial charge >= 0.3 is 0 Å². The predicted octanol–water partition coefficient (Wildman–Crippen LogP) is 1.72. The molecule has 0 aliphatic rings. The second-order valence-electron chi connectivity index (χ2n) is 3.91. The Morgan fingerprint density at radius 2 is 2.41 bits per heavy atom. The summed E-state index contributed by atoms with van der Waals surface area (Å²) in [5.74, 6) is 6.32. The Labute approximate surface area is 105 Å². The molecule has 2 aromatic heterocycles. The molecule has 0 spiro atoms. The fourth-order valence-corrected chi connectivity index (χ4v) is 2.06. The molecule has 0 radical (unpaired) electrons. The zero-order chi connectivity index (χ0) is 12.4. The number of rotatable bonds is 4. The fourth-order valence-electron chi connectivity index (χ4n) is 1.83. The number of halogens is 1. The minimum Gasteiger partial charge on any atom is -0.468 e. The summed E-state index contributed by atoms with van der Waals surface area (Å²) < 4.78 is 7.10. The monoisotopic (exact) mass is 254 g/mol. The Morgan fingerprint density at radius 1 is 1.65 bits per heavy atom. The average Bonchev–Trinajstić information content (AvgIpc) is 2.89. The molecule has 2 heterocycles.